The van der Waals surface area contributed by atoms with Gasteiger partial charge in [-0.25, -0.2) is 4.79 Å². The van der Waals surface area contributed by atoms with Gasteiger partial charge in [-0.05, 0) is 20.3 Å². The van der Waals surface area contributed by atoms with Crippen LogP contribution in [-0.2, 0) is 15.3 Å². The molecule has 2 rings (SSSR count). The number of nitrogens with two attached hydrogens (primary N) is 1. The number of nitrogen functional groups attached to an aromatic ring is 1. The van der Waals surface area contributed by atoms with Crippen molar-refractivity contribution in [2.75, 3.05) is 5.73 Å². The molecule has 1 fully saturated rings. The summed E-state index contributed by atoms with van der Waals surface area (Å²) in [4.78, 5) is 27.7. The highest BCUT2D eigenvalue weighted by Gasteiger charge is 2.45. The molecule has 19 heavy (non-hydrogen) atoms. The van der Waals surface area contributed by atoms with Crippen LogP contribution >= 0.6 is 0 Å². The molecule has 2 atom stereocenters. The van der Waals surface area contributed by atoms with Gasteiger partial charge in [-0.3, -0.25) is 9.36 Å². The maximum Gasteiger partial charge on any atom is 0.352 e. The number of carbonyl (C=O) groups excluding carboxylic acids is 1. The minimum absolute atomic E-state index is 0.0828. The fourth-order valence-electron chi connectivity index (χ4n) is 2.35. The van der Waals surface area contributed by atoms with Gasteiger partial charge < -0.3 is 10.5 Å². The van der Waals surface area contributed by atoms with E-state index in [2.05, 4.69) is 11.6 Å². The van der Waals surface area contributed by atoms with Crippen LogP contribution in [0.4, 0.5) is 5.82 Å². The number of ether oxygens (including phenoxy) is 1. The van der Waals surface area contributed by atoms with Crippen molar-refractivity contribution >= 4 is 17.7 Å². The van der Waals surface area contributed by atoms with Crippen LogP contribution in [0, 0.1) is 0 Å². The zero-order valence-corrected chi connectivity index (χ0v) is 11.0. The second-order valence-electron chi connectivity index (χ2n) is 4.75. The monoisotopic (exact) mass is 263 g/mol. The lowest BCUT2D eigenvalue weighted by molar-refractivity contribution is -0.155. The normalized spacial score (nSPS) is 26.3. The molecule has 0 unspecified atom stereocenters. The number of hydrogen-bond acceptors (Lipinski definition) is 5. The number of Topliss-reactive ketones (excluding diaryl/α,β-unsaturated/α-hetero) is 1. The third kappa shape index (κ3) is 2.08. The standard InChI is InChI=1S/C13H17N3O3/c1-4-10-7-16(12(18)15-11(10)14)13(9(3)17)6-5-8(2)19-13/h4,7-8H,1,5-6H2,2-3H3,(H2,14,15,18)/t8-,13+/m1/s1. The van der Waals surface area contributed by atoms with Gasteiger partial charge in [0.1, 0.15) is 5.82 Å². The van der Waals surface area contributed by atoms with Crippen molar-refractivity contribution in [3.05, 3.63) is 28.8 Å². The first-order valence-corrected chi connectivity index (χ1v) is 6.11. The van der Waals surface area contributed by atoms with Gasteiger partial charge in [-0.2, -0.15) is 4.98 Å². The Kier molecular flexibility index (Phi) is 3.28. The van der Waals surface area contributed by atoms with Gasteiger partial charge in [-0.1, -0.05) is 12.7 Å². The molecular weight excluding hydrogens is 246 g/mol. The van der Waals surface area contributed by atoms with Crippen molar-refractivity contribution in [1.29, 1.82) is 0 Å². The summed E-state index contributed by atoms with van der Waals surface area (Å²) in [5.74, 6) is -0.124. The van der Waals surface area contributed by atoms with Crippen LogP contribution in [0.25, 0.3) is 6.08 Å². The van der Waals surface area contributed by atoms with E-state index in [0.29, 0.717) is 18.4 Å². The molecule has 1 aromatic heterocycles. The van der Waals surface area contributed by atoms with Gasteiger partial charge in [0.25, 0.3) is 0 Å². The molecule has 0 amide bonds. The van der Waals surface area contributed by atoms with Gasteiger partial charge in [0, 0.05) is 18.2 Å². The van der Waals surface area contributed by atoms with Crippen LogP contribution in [0.2, 0.25) is 0 Å². The smallest absolute Gasteiger partial charge is 0.352 e. The van der Waals surface area contributed by atoms with E-state index in [1.54, 1.807) is 0 Å². The van der Waals surface area contributed by atoms with E-state index in [4.69, 9.17) is 10.5 Å². The molecule has 0 spiro atoms. The summed E-state index contributed by atoms with van der Waals surface area (Å²) in [5.41, 5.74) is 4.27. The molecule has 1 aliphatic heterocycles. The summed E-state index contributed by atoms with van der Waals surface area (Å²) in [7, 11) is 0. The van der Waals surface area contributed by atoms with Crippen molar-refractivity contribution in [2.24, 2.45) is 0 Å². The first kappa shape index (κ1) is 13.5. The van der Waals surface area contributed by atoms with Crippen molar-refractivity contribution in [3.63, 3.8) is 0 Å². The van der Waals surface area contributed by atoms with E-state index in [-0.39, 0.29) is 17.7 Å². The number of carbonyl (C=O) groups is 1. The van der Waals surface area contributed by atoms with E-state index in [9.17, 15) is 9.59 Å². The van der Waals surface area contributed by atoms with E-state index >= 15 is 0 Å². The lowest BCUT2D eigenvalue weighted by atomic mass is 10.0. The highest BCUT2D eigenvalue weighted by atomic mass is 16.5. The van der Waals surface area contributed by atoms with E-state index in [1.165, 1.54) is 23.8 Å². The number of aromatic nitrogens is 2. The van der Waals surface area contributed by atoms with Crippen molar-refractivity contribution in [2.45, 2.75) is 38.5 Å². The molecule has 102 valence electrons. The molecule has 0 aromatic carbocycles. The summed E-state index contributed by atoms with van der Waals surface area (Å²) >= 11 is 0. The molecule has 0 bridgehead atoms. The summed E-state index contributed by atoms with van der Waals surface area (Å²) < 4.78 is 6.94. The maximum absolute atomic E-state index is 12.0. The van der Waals surface area contributed by atoms with Crippen molar-refractivity contribution in [3.8, 4) is 0 Å². The lowest BCUT2D eigenvalue weighted by Crippen LogP contribution is -2.47. The van der Waals surface area contributed by atoms with Crippen LogP contribution in [-0.4, -0.2) is 21.4 Å². The largest absolute Gasteiger partial charge is 0.383 e. The quantitative estimate of drug-likeness (QED) is 0.875. The molecular formula is C13H17N3O3. The third-order valence-electron chi connectivity index (χ3n) is 3.43. The fraction of sp³-hybridized carbons (Fsp3) is 0.462. The summed E-state index contributed by atoms with van der Waals surface area (Å²) in [5, 5.41) is 0. The van der Waals surface area contributed by atoms with E-state index < -0.39 is 11.4 Å². The minimum Gasteiger partial charge on any atom is -0.383 e. The number of ketones is 1. The molecule has 0 aliphatic carbocycles. The van der Waals surface area contributed by atoms with E-state index in [1.807, 2.05) is 6.92 Å². The average molecular weight is 263 g/mol. The summed E-state index contributed by atoms with van der Waals surface area (Å²) in [6, 6.07) is 0. The maximum atomic E-state index is 12.0. The Labute approximate surface area is 110 Å². The van der Waals surface area contributed by atoms with Crippen LogP contribution in [0.15, 0.2) is 17.6 Å². The van der Waals surface area contributed by atoms with Crippen molar-refractivity contribution in [1.82, 2.24) is 9.55 Å². The van der Waals surface area contributed by atoms with Crippen LogP contribution in [0.3, 0.4) is 0 Å². The second kappa shape index (κ2) is 4.62. The molecule has 1 saturated heterocycles. The Morgan fingerprint density at radius 3 is 2.89 bits per heavy atom. The Balaban J connectivity index is 2.65. The molecule has 1 aliphatic rings. The predicted molar refractivity (Wildman–Crippen MR) is 71.4 cm³/mol. The van der Waals surface area contributed by atoms with Gasteiger partial charge in [0.15, 0.2) is 5.78 Å². The van der Waals surface area contributed by atoms with Crippen LogP contribution in [0.5, 0.6) is 0 Å². The average Bonchev–Trinajstić information content (AvgIpc) is 2.73. The number of anilines is 1. The SMILES string of the molecule is C=Cc1cn([C@@]2(C(C)=O)CC[C@@H](C)O2)c(=O)nc1N. The second-order valence-corrected chi connectivity index (χ2v) is 4.75. The van der Waals surface area contributed by atoms with Crippen LogP contribution in [0.1, 0.15) is 32.3 Å². The Bertz CT molecular complexity index is 593. The van der Waals surface area contributed by atoms with Gasteiger partial charge >= 0.3 is 5.69 Å². The van der Waals surface area contributed by atoms with E-state index in [0.717, 1.165) is 0 Å². The molecule has 2 N–H and O–H groups in total. The molecule has 2 heterocycles. The Morgan fingerprint density at radius 1 is 1.74 bits per heavy atom. The molecule has 1 aromatic rings. The fourth-order valence-corrected chi connectivity index (χ4v) is 2.35. The number of hydrogen-bond donors (Lipinski definition) is 1. The molecule has 0 saturated carbocycles. The van der Waals surface area contributed by atoms with Crippen LogP contribution < -0.4 is 11.4 Å². The Hall–Kier alpha value is -1.95. The zero-order valence-electron chi connectivity index (χ0n) is 11.0. The van der Waals surface area contributed by atoms with Gasteiger partial charge in [0.05, 0.1) is 6.10 Å². The zero-order chi connectivity index (χ0) is 14.2. The summed E-state index contributed by atoms with van der Waals surface area (Å²) in [6.45, 7) is 6.89. The molecule has 0 radical (unpaired) electrons. The first-order valence-electron chi connectivity index (χ1n) is 6.11. The van der Waals surface area contributed by atoms with Gasteiger partial charge in [0.2, 0.25) is 5.72 Å². The molecule has 6 nitrogen and oxygen atoms in total. The Morgan fingerprint density at radius 2 is 2.42 bits per heavy atom. The van der Waals surface area contributed by atoms with Crippen molar-refractivity contribution < 1.29 is 9.53 Å². The predicted octanol–water partition coefficient (Wildman–Crippen LogP) is 0.909. The minimum atomic E-state index is -1.27. The number of rotatable bonds is 3. The first-order chi connectivity index (χ1) is 8.90. The highest BCUT2D eigenvalue weighted by molar-refractivity contribution is 5.83. The molecule has 6 heteroatoms. The van der Waals surface area contributed by atoms with Gasteiger partial charge in [-0.15, -0.1) is 0 Å². The summed E-state index contributed by atoms with van der Waals surface area (Å²) in [6.07, 6.45) is 4.05. The highest BCUT2D eigenvalue weighted by Crippen LogP contribution is 2.35. The third-order valence-corrected chi connectivity index (χ3v) is 3.43. The topological polar surface area (TPSA) is 87.2 Å². The lowest BCUT2D eigenvalue weighted by Gasteiger charge is -2.28. The number of nitrogens with zero attached hydrogens (tertiary/aromatic N) is 2.